The highest BCUT2D eigenvalue weighted by molar-refractivity contribution is 5.77. The number of likely N-dealkylation sites (N-methyl/N-ethyl adjacent to an activating group) is 1. The zero-order valence-electron chi connectivity index (χ0n) is 20.2. The summed E-state index contributed by atoms with van der Waals surface area (Å²) in [5.41, 5.74) is 3.07. The SMILES string of the molecule is C=CCn1c(=O)c2cnc(Nc3ccc4c(c3)CN(C)CC4)nc2n1-c1cccc(C(C)(C)O)n1. The average Bonchev–Trinajstić information content (AvgIpc) is 3.09. The zero-order valence-corrected chi connectivity index (χ0v) is 20.2. The summed E-state index contributed by atoms with van der Waals surface area (Å²) in [6, 6.07) is 11.6. The van der Waals surface area contributed by atoms with Gasteiger partial charge in [0.2, 0.25) is 5.95 Å². The molecule has 1 aliphatic rings. The van der Waals surface area contributed by atoms with Crippen LogP contribution in [0.3, 0.4) is 0 Å². The molecule has 4 heterocycles. The molecule has 5 rings (SSSR count). The number of anilines is 2. The van der Waals surface area contributed by atoms with E-state index in [9.17, 15) is 9.90 Å². The Morgan fingerprint density at radius 1 is 1.20 bits per heavy atom. The van der Waals surface area contributed by atoms with Gasteiger partial charge in [-0.25, -0.2) is 19.3 Å². The van der Waals surface area contributed by atoms with Gasteiger partial charge < -0.3 is 15.3 Å². The van der Waals surface area contributed by atoms with E-state index in [1.165, 1.54) is 22.0 Å². The first kappa shape index (κ1) is 22.9. The maximum atomic E-state index is 13.2. The third kappa shape index (κ3) is 4.36. The van der Waals surface area contributed by atoms with Crippen LogP contribution >= 0.6 is 0 Å². The van der Waals surface area contributed by atoms with Crippen molar-refractivity contribution in [3.05, 3.63) is 82.4 Å². The number of hydrogen-bond acceptors (Lipinski definition) is 7. The summed E-state index contributed by atoms with van der Waals surface area (Å²) in [5, 5.41) is 14.1. The molecule has 0 bridgehead atoms. The van der Waals surface area contributed by atoms with Gasteiger partial charge in [-0.3, -0.25) is 4.79 Å². The third-order valence-corrected chi connectivity index (χ3v) is 6.22. The standard InChI is InChI=1S/C26H29N7O2/c1-5-12-32-24(34)20-15-27-25(28-19-10-9-17-11-13-31(4)16-18(17)14-19)30-23(20)33(32)22-8-6-7-21(29-22)26(2,3)35/h5-10,14-15,35H,1,11-13,16H2,2-4H3,(H,27,28,30). The van der Waals surface area contributed by atoms with Crippen molar-refractivity contribution in [2.45, 2.75) is 39.0 Å². The van der Waals surface area contributed by atoms with E-state index in [1.54, 1.807) is 42.8 Å². The van der Waals surface area contributed by atoms with Gasteiger partial charge in [0.1, 0.15) is 11.0 Å². The smallest absolute Gasteiger partial charge is 0.278 e. The van der Waals surface area contributed by atoms with Crippen LogP contribution in [0.15, 0.2) is 60.0 Å². The Hall–Kier alpha value is -3.82. The first-order valence-electron chi connectivity index (χ1n) is 11.6. The Kier molecular flexibility index (Phi) is 5.74. The Morgan fingerprint density at radius 2 is 2.03 bits per heavy atom. The number of nitrogens with zero attached hydrogens (tertiary/aromatic N) is 6. The highest BCUT2D eigenvalue weighted by Gasteiger charge is 2.22. The summed E-state index contributed by atoms with van der Waals surface area (Å²) in [4.78, 5) is 29.2. The summed E-state index contributed by atoms with van der Waals surface area (Å²) >= 11 is 0. The van der Waals surface area contributed by atoms with Crippen molar-refractivity contribution in [3.8, 4) is 5.82 Å². The molecule has 0 amide bonds. The summed E-state index contributed by atoms with van der Waals surface area (Å²) in [6.07, 6.45) is 4.22. The van der Waals surface area contributed by atoms with Crippen LogP contribution in [0.1, 0.15) is 30.7 Å². The number of aliphatic hydroxyl groups is 1. The molecule has 2 N–H and O–H groups in total. The van der Waals surface area contributed by atoms with Crippen LogP contribution in [0, 0.1) is 0 Å². The Balaban J connectivity index is 1.60. The van der Waals surface area contributed by atoms with Gasteiger partial charge in [0.05, 0.1) is 12.2 Å². The van der Waals surface area contributed by atoms with E-state index in [1.807, 2.05) is 6.07 Å². The minimum absolute atomic E-state index is 0.237. The van der Waals surface area contributed by atoms with Crippen molar-refractivity contribution in [2.24, 2.45) is 0 Å². The van der Waals surface area contributed by atoms with Crippen molar-refractivity contribution in [1.82, 2.24) is 29.2 Å². The highest BCUT2D eigenvalue weighted by Crippen LogP contribution is 2.25. The largest absolute Gasteiger partial charge is 0.384 e. The van der Waals surface area contributed by atoms with Crippen LogP contribution in [-0.2, 0) is 25.1 Å². The molecule has 3 aromatic heterocycles. The number of aromatic nitrogens is 5. The Bertz CT molecular complexity index is 1480. The minimum Gasteiger partial charge on any atom is -0.384 e. The second kappa shape index (κ2) is 8.75. The number of fused-ring (bicyclic) bond motifs is 2. The molecule has 0 atom stereocenters. The van der Waals surface area contributed by atoms with Gasteiger partial charge in [-0.05, 0) is 62.7 Å². The molecule has 9 heteroatoms. The van der Waals surface area contributed by atoms with Crippen molar-refractivity contribution >= 4 is 22.7 Å². The van der Waals surface area contributed by atoms with Crippen LogP contribution in [-0.4, -0.2) is 47.9 Å². The fourth-order valence-electron chi connectivity index (χ4n) is 4.40. The van der Waals surface area contributed by atoms with E-state index in [2.05, 4.69) is 45.9 Å². The lowest BCUT2D eigenvalue weighted by Crippen LogP contribution is -2.26. The normalized spacial score (nSPS) is 14.2. The minimum atomic E-state index is -1.13. The molecule has 180 valence electrons. The maximum absolute atomic E-state index is 13.2. The lowest BCUT2D eigenvalue weighted by atomic mass is 9.99. The molecule has 9 nitrogen and oxygen atoms in total. The van der Waals surface area contributed by atoms with Gasteiger partial charge in [-0.15, -0.1) is 6.58 Å². The lowest BCUT2D eigenvalue weighted by molar-refractivity contribution is 0.0738. The van der Waals surface area contributed by atoms with Crippen LogP contribution in [0.25, 0.3) is 16.9 Å². The monoisotopic (exact) mass is 471 g/mol. The van der Waals surface area contributed by atoms with E-state index < -0.39 is 5.60 Å². The Morgan fingerprint density at radius 3 is 2.80 bits per heavy atom. The summed E-state index contributed by atoms with van der Waals surface area (Å²) in [7, 11) is 2.12. The second-order valence-electron chi connectivity index (χ2n) is 9.45. The van der Waals surface area contributed by atoms with Crippen molar-refractivity contribution in [2.75, 3.05) is 18.9 Å². The number of rotatable bonds is 6. The van der Waals surface area contributed by atoms with Crippen LogP contribution in [0.4, 0.5) is 11.6 Å². The first-order valence-corrected chi connectivity index (χ1v) is 11.6. The van der Waals surface area contributed by atoms with Gasteiger partial charge >= 0.3 is 0 Å². The van der Waals surface area contributed by atoms with Gasteiger partial charge in [-0.2, -0.15) is 4.98 Å². The molecule has 0 aliphatic carbocycles. The molecular weight excluding hydrogens is 442 g/mol. The molecule has 4 aromatic rings. The highest BCUT2D eigenvalue weighted by atomic mass is 16.3. The second-order valence-corrected chi connectivity index (χ2v) is 9.45. The molecular formula is C26H29N7O2. The predicted molar refractivity (Wildman–Crippen MR) is 136 cm³/mol. The molecule has 0 saturated heterocycles. The van der Waals surface area contributed by atoms with Crippen LogP contribution < -0.4 is 10.9 Å². The number of hydrogen-bond donors (Lipinski definition) is 2. The maximum Gasteiger partial charge on any atom is 0.278 e. The number of pyridine rings is 1. The fourth-order valence-corrected chi connectivity index (χ4v) is 4.40. The fraction of sp³-hybridized carbons (Fsp3) is 0.308. The average molecular weight is 472 g/mol. The topological polar surface area (TPSA) is 101 Å². The van der Waals surface area contributed by atoms with Gasteiger partial charge in [0, 0.05) is 25.0 Å². The van der Waals surface area contributed by atoms with Crippen LogP contribution in [0.5, 0.6) is 0 Å². The first-order chi connectivity index (χ1) is 16.7. The zero-order chi connectivity index (χ0) is 24.7. The van der Waals surface area contributed by atoms with E-state index in [-0.39, 0.29) is 12.1 Å². The van der Waals surface area contributed by atoms with Gasteiger partial charge in [0.25, 0.3) is 5.56 Å². The van der Waals surface area contributed by atoms with Gasteiger partial charge in [0.15, 0.2) is 11.5 Å². The lowest BCUT2D eigenvalue weighted by Gasteiger charge is -2.25. The predicted octanol–water partition coefficient (Wildman–Crippen LogP) is 3.12. The molecule has 0 saturated carbocycles. The third-order valence-electron chi connectivity index (χ3n) is 6.22. The molecule has 35 heavy (non-hydrogen) atoms. The molecule has 1 aliphatic heterocycles. The number of allylic oxidation sites excluding steroid dienone is 1. The summed E-state index contributed by atoms with van der Waals surface area (Å²) in [6.45, 7) is 9.36. The van der Waals surface area contributed by atoms with E-state index in [4.69, 9.17) is 4.98 Å². The molecule has 0 unspecified atom stereocenters. The van der Waals surface area contributed by atoms with Crippen molar-refractivity contribution in [3.63, 3.8) is 0 Å². The number of benzene rings is 1. The molecule has 0 radical (unpaired) electrons. The van der Waals surface area contributed by atoms with Crippen molar-refractivity contribution in [1.29, 1.82) is 0 Å². The number of nitrogens with one attached hydrogen (secondary N) is 1. The molecule has 0 spiro atoms. The summed E-state index contributed by atoms with van der Waals surface area (Å²) in [5.74, 6) is 0.852. The summed E-state index contributed by atoms with van der Waals surface area (Å²) < 4.78 is 3.17. The Labute approximate surface area is 203 Å². The quantitative estimate of drug-likeness (QED) is 0.417. The van der Waals surface area contributed by atoms with E-state index in [0.717, 1.165) is 25.2 Å². The van der Waals surface area contributed by atoms with Gasteiger partial charge in [-0.1, -0.05) is 18.2 Å². The molecule has 1 aromatic carbocycles. The van der Waals surface area contributed by atoms with Crippen molar-refractivity contribution < 1.29 is 5.11 Å². The van der Waals surface area contributed by atoms with E-state index >= 15 is 0 Å². The van der Waals surface area contributed by atoms with Crippen LogP contribution in [0.2, 0.25) is 0 Å². The van der Waals surface area contributed by atoms with E-state index in [0.29, 0.717) is 28.5 Å². The molecule has 0 fully saturated rings.